The minimum Gasteiger partial charge on any atom is -0.338 e. The molecule has 1 aromatic carbocycles. The topological polar surface area (TPSA) is 44.4 Å². The molecule has 2 N–H and O–H groups in total. The highest BCUT2D eigenvalue weighted by Crippen LogP contribution is 2.15. The van der Waals surface area contributed by atoms with Gasteiger partial charge in [-0.15, -0.1) is 0 Å². The number of nitrogens with zero attached hydrogens (tertiary/aromatic N) is 1. The average molecular weight is 400 g/mol. The van der Waals surface area contributed by atoms with Crippen molar-refractivity contribution >= 4 is 22.0 Å². The first-order valence-corrected chi connectivity index (χ1v) is 9.52. The number of benzene rings is 1. The predicted octanol–water partition coefficient (Wildman–Crippen LogP) is 3.55. The number of hydrogen-bond donors (Lipinski definition) is 2. The van der Waals surface area contributed by atoms with E-state index < -0.39 is 0 Å². The van der Waals surface area contributed by atoms with Crippen molar-refractivity contribution in [1.82, 2.24) is 15.5 Å². The van der Waals surface area contributed by atoms with Gasteiger partial charge in [-0.1, -0.05) is 29.3 Å². The number of carbonyl (C=O) groups is 1. The van der Waals surface area contributed by atoms with Gasteiger partial charge in [-0.25, -0.2) is 9.18 Å². The second-order valence-corrected chi connectivity index (χ2v) is 7.50. The highest BCUT2D eigenvalue weighted by molar-refractivity contribution is 9.10. The lowest BCUT2D eigenvalue weighted by molar-refractivity contribution is 0.197. The lowest BCUT2D eigenvalue weighted by Crippen LogP contribution is -2.42. The molecule has 1 aliphatic rings. The van der Waals surface area contributed by atoms with E-state index in [2.05, 4.69) is 38.4 Å². The van der Waals surface area contributed by atoms with Gasteiger partial charge in [0, 0.05) is 24.1 Å². The normalized spacial score (nSPS) is 16.6. The lowest BCUT2D eigenvalue weighted by Gasteiger charge is -2.29. The number of rotatable bonds is 7. The summed E-state index contributed by atoms with van der Waals surface area (Å²) >= 11 is 3.33. The zero-order valence-corrected chi connectivity index (χ0v) is 15.9. The molecule has 4 nitrogen and oxygen atoms in total. The molecule has 24 heavy (non-hydrogen) atoms. The number of urea groups is 1. The van der Waals surface area contributed by atoms with E-state index >= 15 is 0 Å². The van der Waals surface area contributed by atoms with Crippen molar-refractivity contribution in [3.8, 4) is 0 Å². The first kappa shape index (κ1) is 19.2. The van der Waals surface area contributed by atoms with Gasteiger partial charge < -0.3 is 15.5 Å². The molecule has 0 aromatic heterocycles. The van der Waals surface area contributed by atoms with E-state index in [0.717, 1.165) is 11.0 Å². The van der Waals surface area contributed by atoms with Gasteiger partial charge in [0.25, 0.3) is 0 Å². The Morgan fingerprint density at radius 1 is 1.29 bits per heavy atom. The van der Waals surface area contributed by atoms with Crippen molar-refractivity contribution in [3.05, 3.63) is 34.1 Å². The maximum Gasteiger partial charge on any atom is 0.314 e. The lowest BCUT2D eigenvalue weighted by atomic mass is 10.1. The van der Waals surface area contributed by atoms with E-state index in [1.807, 2.05) is 0 Å². The van der Waals surface area contributed by atoms with Crippen molar-refractivity contribution in [3.63, 3.8) is 0 Å². The van der Waals surface area contributed by atoms with Crippen LogP contribution in [0.25, 0.3) is 0 Å². The standard InChI is InChI=1S/C18H27BrFN3O/c1-14(13-23-9-3-2-4-10-23)12-22-18(24)21-8-7-15-11-16(19)5-6-17(15)20/h5-6,11,14H,2-4,7-10,12-13H2,1H3,(H2,21,22,24)/t14-/m0/s1. The van der Waals surface area contributed by atoms with Crippen molar-refractivity contribution < 1.29 is 9.18 Å². The fraction of sp³-hybridized carbons (Fsp3) is 0.611. The quantitative estimate of drug-likeness (QED) is 0.735. The highest BCUT2D eigenvalue weighted by Gasteiger charge is 2.14. The summed E-state index contributed by atoms with van der Waals surface area (Å²) in [6.07, 6.45) is 4.38. The number of likely N-dealkylation sites (tertiary alicyclic amines) is 1. The van der Waals surface area contributed by atoms with Gasteiger partial charge in [0.1, 0.15) is 5.82 Å². The largest absolute Gasteiger partial charge is 0.338 e. The van der Waals surface area contributed by atoms with E-state index in [-0.39, 0.29) is 11.8 Å². The summed E-state index contributed by atoms with van der Waals surface area (Å²) in [5.41, 5.74) is 0.600. The van der Waals surface area contributed by atoms with Crippen LogP contribution in [0.2, 0.25) is 0 Å². The highest BCUT2D eigenvalue weighted by atomic mass is 79.9. The third-order valence-corrected chi connectivity index (χ3v) is 4.81. The number of halogens is 2. The molecular formula is C18H27BrFN3O. The van der Waals surface area contributed by atoms with E-state index in [4.69, 9.17) is 0 Å². The van der Waals surface area contributed by atoms with Crippen LogP contribution in [0, 0.1) is 11.7 Å². The molecule has 1 aliphatic heterocycles. The van der Waals surface area contributed by atoms with Crippen molar-refractivity contribution in [2.45, 2.75) is 32.6 Å². The van der Waals surface area contributed by atoms with Crippen molar-refractivity contribution in [1.29, 1.82) is 0 Å². The molecule has 6 heteroatoms. The zero-order chi connectivity index (χ0) is 17.4. The van der Waals surface area contributed by atoms with Gasteiger partial charge in [0.05, 0.1) is 0 Å². The molecule has 0 spiro atoms. The minimum absolute atomic E-state index is 0.184. The average Bonchev–Trinajstić information content (AvgIpc) is 2.57. The molecule has 0 aliphatic carbocycles. The number of carbonyl (C=O) groups excluding carboxylic acids is 1. The SMILES string of the molecule is C[C@@H](CNC(=O)NCCc1cc(Br)ccc1F)CN1CCCCC1. The van der Waals surface area contributed by atoms with Crippen LogP contribution in [0.3, 0.4) is 0 Å². The van der Waals surface area contributed by atoms with Crippen LogP contribution >= 0.6 is 15.9 Å². The Bertz CT molecular complexity index is 535. The Hall–Kier alpha value is -1.14. The number of piperidine rings is 1. The molecule has 1 heterocycles. The van der Waals surface area contributed by atoms with Crippen LogP contribution in [0.4, 0.5) is 9.18 Å². The minimum atomic E-state index is -0.240. The van der Waals surface area contributed by atoms with Gasteiger partial charge >= 0.3 is 6.03 Å². The van der Waals surface area contributed by atoms with Gasteiger partial charge in [-0.3, -0.25) is 0 Å². The van der Waals surface area contributed by atoms with Crippen LogP contribution in [0.1, 0.15) is 31.7 Å². The third-order valence-electron chi connectivity index (χ3n) is 4.32. The second-order valence-electron chi connectivity index (χ2n) is 6.59. The van der Waals surface area contributed by atoms with Crippen LogP contribution in [-0.2, 0) is 6.42 Å². The van der Waals surface area contributed by atoms with Gasteiger partial charge in [-0.05, 0) is 62.0 Å². The molecule has 0 radical (unpaired) electrons. The number of nitrogens with one attached hydrogen (secondary N) is 2. The first-order chi connectivity index (χ1) is 11.5. The summed E-state index contributed by atoms with van der Waals surface area (Å²) < 4.78 is 14.5. The van der Waals surface area contributed by atoms with Crippen LogP contribution in [0.15, 0.2) is 22.7 Å². The third kappa shape index (κ3) is 6.77. The second kappa shape index (κ2) is 9.99. The summed E-state index contributed by atoms with van der Waals surface area (Å²) in [6, 6.07) is 4.66. The van der Waals surface area contributed by atoms with E-state index in [1.54, 1.807) is 12.1 Å². The summed E-state index contributed by atoms with van der Waals surface area (Å²) in [5, 5.41) is 5.70. The summed E-state index contributed by atoms with van der Waals surface area (Å²) in [4.78, 5) is 14.3. The monoisotopic (exact) mass is 399 g/mol. The maximum absolute atomic E-state index is 13.6. The summed E-state index contributed by atoms with van der Waals surface area (Å²) in [7, 11) is 0. The molecule has 134 valence electrons. The first-order valence-electron chi connectivity index (χ1n) is 8.72. The Morgan fingerprint density at radius 2 is 2.04 bits per heavy atom. The molecule has 1 saturated heterocycles. The van der Waals surface area contributed by atoms with Gasteiger partial charge in [0.2, 0.25) is 0 Å². The Labute approximate surface area is 152 Å². The van der Waals surface area contributed by atoms with Crippen molar-refractivity contribution in [2.24, 2.45) is 5.92 Å². The Kier molecular flexibility index (Phi) is 7.99. The molecule has 0 bridgehead atoms. The zero-order valence-electron chi connectivity index (χ0n) is 14.3. The molecule has 0 saturated carbocycles. The maximum atomic E-state index is 13.6. The smallest absolute Gasteiger partial charge is 0.314 e. The Morgan fingerprint density at radius 3 is 2.79 bits per heavy atom. The predicted molar refractivity (Wildman–Crippen MR) is 98.7 cm³/mol. The Balaban J connectivity index is 1.61. The molecular weight excluding hydrogens is 373 g/mol. The van der Waals surface area contributed by atoms with Crippen LogP contribution in [-0.4, -0.2) is 43.7 Å². The molecule has 1 atom stereocenters. The van der Waals surface area contributed by atoms with E-state index in [9.17, 15) is 9.18 Å². The van der Waals surface area contributed by atoms with Crippen LogP contribution < -0.4 is 10.6 Å². The van der Waals surface area contributed by atoms with Crippen molar-refractivity contribution in [2.75, 3.05) is 32.7 Å². The number of amides is 2. The fourth-order valence-corrected chi connectivity index (χ4v) is 3.43. The summed E-state index contributed by atoms with van der Waals surface area (Å²) in [6.45, 7) is 6.62. The van der Waals surface area contributed by atoms with E-state index in [0.29, 0.717) is 31.0 Å². The molecule has 1 fully saturated rings. The van der Waals surface area contributed by atoms with Gasteiger partial charge in [0.15, 0.2) is 0 Å². The summed E-state index contributed by atoms with van der Waals surface area (Å²) in [5.74, 6) is 0.187. The molecule has 2 amide bonds. The van der Waals surface area contributed by atoms with E-state index in [1.165, 1.54) is 38.4 Å². The molecule has 1 aromatic rings. The van der Waals surface area contributed by atoms with Crippen LogP contribution in [0.5, 0.6) is 0 Å². The molecule has 0 unspecified atom stereocenters. The number of hydrogen-bond acceptors (Lipinski definition) is 2. The van der Waals surface area contributed by atoms with Gasteiger partial charge in [-0.2, -0.15) is 0 Å². The molecule has 2 rings (SSSR count). The fourth-order valence-electron chi connectivity index (χ4n) is 3.02.